The zero-order chi connectivity index (χ0) is 14.7. The van der Waals surface area contributed by atoms with Gasteiger partial charge in [0.15, 0.2) is 0 Å². The van der Waals surface area contributed by atoms with Crippen LogP contribution in [0, 0.1) is 11.8 Å². The van der Waals surface area contributed by atoms with Crippen LogP contribution in [0.1, 0.15) is 6.92 Å². The minimum atomic E-state index is -0.808. The Morgan fingerprint density at radius 1 is 1.45 bits per heavy atom. The Hall–Kier alpha value is -2.18. The topological polar surface area (TPSA) is 86.6 Å². The number of rotatable bonds is 5. The van der Waals surface area contributed by atoms with Gasteiger partial charge >= 0.3 is 5.97 Å². The number of anilines is 1. The molecule has 0 saturated carbocycles. The lowest BCUT2D eigenvalue weighted by atomic mass is 9.87. The van der Waals surface area contributed by atoms with Crippen molar-refractivity contribution in [2.45, 2.75) is 6.92 Å². The van der Waals surface area contributed by atoms with E-state index in [1.165, 1.54) is 0 Å². The summed E-state index contributed by atoms with van der Waals surface area (Å²) in [5, 5.41) is 8.91. The minimum absolute atomic E-state index is 0.0335. The van der Waals surface area contributed by atoms with Crippen molar-refractivity contribution < 1.29 is 14.7 Å². The summed E-state index contributed by atoms with van der Waals surface area (Å²) >= 11 is 0. The van der Waals surface area contributed by atoms with Crippen LogP contribution in [0.2, 0.25) is 0 Å². The normalized spacial score (nSPS) is 16.4. The Bertz CT molecular complexity index is 488. The molecule has 20 heavy (non-hydrogen) atoms. The van der Waals surface area contributed by atoms with E-state index < -0.39 is 11.9 Å². The van der Waals surface area contributed by atoms with Crippen molar-refractivity contribution in [1.29, 1.82) is 0 Å². The zero-order valence-corrected chi connectivity index (χ0v) is 11.6. The van der Waals surface area contributed by atoms with Gasteiger partial charge in [0.1, 0.15) is 0 Å². The summed E-state index contributed by atoms with van der Waals surface area (Å²) < 4.78 is 0. The summed E-state index contributed by atoms with van der Waals surface area (Å²) in [6.07, 6.45) is 3.25. The third-order valence-corrected chi connectivity index (χ3v) is 3.63. The molecule has 1 fully saturated rings. The fourth-order valence-electron chi connectivity index (χ4n) is 2.10. The number of aliphatic carboxylic acids is 1. The Morgan fingerprint density at radius 3 is 2.60 bits per heavy atom. The van der Waals surface area contributed by atoms with E-state index in [4.69, 9.17) is 5.11 Å². The van der Waals surface area contributed by atoms with Crippen LogP contribution in [-0.2, 0) is 9.59 Å². The molecule has 1 aliphatic heterocycles. The lowest BCUT2D eigenvalue weighted by molar-refractivity contribution is -0.150. The summed E-state index contributed by atoms with van der Waals surface area (Å²) in [5.74, 6) is -0.702. The lowest BCUT2D eigenvalue weighted by Crippen LogP contribution is -2.55. The van der Waals surface area contributed by atoms with E-state index in [9.17, 15) is 9.59 Å². The highest BCUT2D eigenvalue weighted by molar-refractivity contribution is 5.82. The van der Waals surface area contributed by atoms with Crippen molar-refractivity contribution in [3.63, 3.8) is 0 Å². The quantitative estimate of drug-likeness (QED) is 0.821. The minimum Gasteiger partial charge on any atom is -0.481 e. The smallest absolute Gasteiger partial charge is 0.306 e. The summed E-state index contributed by atoms with van der Waals surface area (Å²) in [4.78, 5) is 34.4. The van der Waals surface area contributed by atoms with Gasteiger partial charge in [0, 0.05) is 38.4 Å². The van der Waals surface area contributed by atoms with Crippen molar-refractivity contribution >= 4 is 17.8 Å². The Kier molecular flexibility index (Phi) is 4.16. The van der Waals surface area contributed by atoms with Crippen molar-refractivity contribution in [3.05, 3.63) is 18.5 Å². The molecule has 7 nitrogen and oxygen atoms in total. The molecule has 108 valence electrons. The molecule has 7 heteroatoms. The SMILES string of the molecule is CC(C(=O)O)C1CN(C(=O)CN(C)c2ncccn2)C1. The number of nitrogens with zero attached hydrogens (tertiary/aromatic N) is 4. The number of hydrogen-bond donors (Lipinski definition) is 1. The average molecular weight is 278 g/mol. The monoisotopic (exact) mass is 278 g/mol. The Balaban J connectivity index is 1.81. The molecule has 1 amide bonds. The van der Waals surface area contributed by atoms with Gasteiger partial charge in [-0.3, -0.25) is 9.59 Å². The van der Waals surface area contributed by atoms with E-state index in [1.54, 1.807) is 42.2 Å². The molecule has 2 rings (SSSR count). The maximum atomic E-state index is 12.0. The average Bonchev–Trinajstić information content (AvgIpc) is 2.37. The summed E-state index contributed by atoms with van der Waals surface area (Å²) in [7, 11) is 1.75. The third kappa shape index (κ3) is 3.04. The summed E-state index contributed by atoms with van der Waals surface area (Å²) in [6.45, 7) is 2.89. The maximum absolute atomic E-state index is 12.0. The van der Waals surface area contributed by atoms with Crippen LogP contribution in [0.25, 0.3) is 0 Å². The molecule has 0 bridgehead atoms. The fraction of sp³-hybridized carbons (Fsp3) is 0.538. The molecule has 0 radical (unpaired) electrons. The van der Waals surface area contributed by atoms with Crippen LogP contribution in [0.5, 0.6) is 0 Å². The molecular weight excluding hydrogens is 260 g/mol. The van der Waals surface area contributed by atoms with Crippen LogP contribution in [0.4, 0.5) is 5.95 Å². The molecule has 2 heterocycles. The molecule has 1 saturated heterocycles. The van der Waals surface area contributed by atoms with E-state index in [0.717, 1.165) is 0 Å². The number of likely N-dealkylation sites (tertiary alicyclic amines) is 1. The van der Waals surface area contributed by atoms with Gasteiger partial charge in [0.2, 0.25) is 11.9 Å². The second-order valence-corrected chi connectivity index (χ2v) is 5.09. The summed E-state index contributed by atoms with van der Waals surface area (Å²) in [5.41, 5.74) is 0. The van der Waals surface area contributed by atoms with E-state index in [0.29, 0.717) is 19.0 Å². The van der Waals surface area contributed by atoms with Gasteiger partial charge in [-0.2, -0.15) is 0 Å². The van der Waals surface area contributed by atoms with Crippen LogP contribution in [-0.4, -0.2) is 58.5 Å². The highest BCUT2D eigenvalue weighted by Gasteiger charge is 2.37. The number of carboxylic acids is 1. The number of carbonyl (C=O) groups excluding carboxylic acids is 1. The van der Waals surface area contributed by atoms with E-state index in [2.05, 4.69) is 9.97 Å². The second kappa shape index (κ2) is 5.85. The number of carbonyl (C=O) groups is 2. The van der Waals surface area contributed by atoms with Crippen molar-refractivity contribution in [2.24, 2.45) is 11.8 Å². The predicted molar refractivity (Wildman–Crippen MR) is 72.2 cm³/mol. The van der Waals surface area contributed by atoms with Gasteiger partial charge in [-0.25, -0.2) is 9.97 Å². The summed E-state index contributed by atoms with van der Waals surface area (Å²) in [6, 6.07) is 1.71. The molecule has 1 unspecified atom stereocenters. The van der Waals surface area contributed by atoms with Crippen molar-refractivity contribution in [3.8, 4) is 0 Å². The molecule has 0 aliphatic carbocycles. The maximum Gasteiger partial charge on any atom is 0.306 e. The van der Waals surface area contributed by atoms with Crippen LogP contribution < -0.4 is 4.90 Å². The molecule has 0 spiro atoms. The predicted octanol–water partition coefficient (Wildman–Crippen LogP) is 0.0919. The van der Waals surface area contributed by atoms with E-state index in [1.807, 2.05) is 0 Å². The number of carboxylic acid groups (broad SMARTS) is 1. The van der Waals surface area contributed by atoms with Crippen molar-refractivity contribution in [1.82, 2.24) is 14.9 Å². The standard InChI is InChI=1S/C13H18N4O3/c1-9(12(19)20)10-6-17(7-10)11(18)8-16(2)13-14-4-3-5-15-13/h3-5,9-10H,6-8H2,1-2H3,(H,19,20). The highest BCUT2D eigenvalue weighted by Crippen LogP contribution is 2.24. The lowest BCUT2D eigenvalue weighted by Gasteiger charge is -2.41. The van der Waals surface area contributed by atoms with Gasteiger partial charge in [-0.15, -0.1) is 0 Å². The van der Waals surface area contributed by atoms with Gasteiger partial charge in [0.05, 0.1) is 12.5 Å². The first kappa shape index (κ1) is 14.2. The second-order valence-electron chi connectivity index (χ2n) is 5.09. The third-order valence-electron chi connectivity index (χ3n) is 3.63. The van der Waals surface area contributed by atoms with E-state index in [-0.39, 0.29) is 18.4 Å². The highest BCUT2D eigenvalue weighted by atomic mass is 16.4. The van der Waals surface area contributed by atoms with Crippen LogP contribution in [0.3, 0.4) is 0 Å². The zero-order valence-electron chi connectivity index (χ0n) is 11.6. The molecule has 1 atom stereocenters. The van der Waals surface area contributed by atoms with Crippen molar-refractivity contribution in [2.75, 3.05) is 31.6 Å². The molecule has 1 aliphatic rings. The first-order valence-electron chi connectivity index (χ1n) is 6.47. The molecule has 1 aromatic heterocycles. The number of amides is 1. The first-order chi connectivity index (χ1) is 9.49. The number of likely N-dealkylation sites (N-methyl/N-ethyl adjacent to an activating group) is 1. The number of aromatic nitrogens is 2. The Labute approximate surface area is 117 Å². The van der Waals surface area contributed by atoms with Crippen LogP contribution in [0.15, 0.2) is 18.5 Å². The molecule has 1 aromatic rings. The van der Waals surface area contributed by atoms with Gasteiger partial charge in [0.25, 0.3) is 0 Å². The first-order valence-corrected chi connectivity index (χ1v) is 6.47. The molecule has 0 aromatic carbocycles. The van der Waals surface area contributed by atoms with Gasteiger partial charge in [-0.05, 0) is 6.07 Å². The van der Waals surface area contributed by atoms with E-state index >= 15 is 0 Å². The fourth-order valence-corrected chi connectivity index (χ4v) is 2.10. The number of hydrogen-bond acceptors (Lipinski definition) is 5. The molecular formula is C13H18N4O3. The Morgan fingerprint density at radius 2 is 2.05 bits per heavy atom. The van der Waals surface area contributed by atoms with Gasteiger partial charge < -0.3 is 14.9 Å². The van der Waals surface area contributed by atoms with Gasteiger partial charge in [-0.1, -0.05) is 6.92 Å². The molecule has 1 N–H and O–H groups in total. The van der Waals surface area contributed by atoms with Crippen LogP contribution >= 0.6 is 0 Å². The largest absolute Gasteiger partial charge is 0.481 e.